The maximum atomic E-state index is 6.33. The van der Waals surface area contributed by atoms with Crippen molar-refractivity contribution in [1.82, 2.24) is 15.0 Å². The van der Waals surface area contributed by atoms with Gasteiger partial charge in [-0.05, 0) is 75.1 Å². The van der Waals surface area contributed by atoms with Gasteiger partial charge in [0.05, 0.1) is 0 Å². The maximum absolute atomic E-state index is 6.33. The van der Waals surface area contributed by atoms with Gasteiger partial charge in [-0.25, -0.2) is 15.0 Å². The summed E-state index contributed by atoms with van der Waals surface area (Å²) in [6, 6.07) is 57.3. The molecule has 4 heterocycles. The van der Waals surface area contributed by atoms with Crippen molar-refractivity contribution in [2.45, 2.75) is 0 Å². The summed E-state index contributed by atoms with van der Waals surface area (Å²) in [5.74, 6) is 1.84. The number of thiophene rings is 1. The van der Waals surface area contributed by atoms with E-state index < -0.39 is 0 Å². The standard InChI is InChI=1S/C51H27N3O2S/c1-3-17-40-32(9-1)33-26-25-30(27-43(33)55-40)50-52-49(53-51(54-50)39-16-6-14-37-34-10-2-4-20-44(34)57-48(37)39)29-23-21-28(22-24-29)31-11-5-12-35-36-13-7-18-41-46(36)47-38(45(31)35)15-8-19-42(47)56-41/h1-27H. The molecule has 13 rings (SSSR count). The van der Waals surface area contributed by atoms with Crippen molar-refractivity contribution in [2.24, 2.45) is 0 Å². The molecule has 264 valence electrons. The molecule has 0 spiro atoms. The Bertz CT molecular complexity index is 3760. The van der Waals surface area contributed by atoms with Crippen LogP contribution in [0.5, 0.6) is 0 Å². The summed E-state index contributed by atoms with van der Waals surface area (Å²) < 4.78 is 15.0. The van der Waals surface area contributed by atoms with E-state index in [9.17, 15) is 0 Å². The predicted molar refractivity (Wildman–Crippen MR) is 235 cm³/mol. The van der Waals surface area contributed by atoms with Gasteiger partial charge < -0.3 is 8.83 Å². The smallest absolute Gasteiger partial charge is 0.165 e. The average molecular weight is 746 g/mol. The summed E-state index contributed by atoms with van der Waals surface area (Å²) in [6.07, 6.45) is 0. The molecular weight excluding hydrogens is 719 g/mol. The van der Waals surface area contributed by atoms with Gasteiger partial charge >= 0.3 is 0 Å². The van der Waals surface area contributed by atoms with Crippen LogP contribution in [0.25, 0.3) is 131 Å². The highest BCUT2D eigenvalue weighted by Crippen LogP contribution is 2.46. The van der Waals surface area contributed by atoms with Crippen LogP contribution in [-0.2, 0) is 0 Å². The largest absolute Gasteiger partial charge is 0.456 e. The summed E-state index contributed by atoms with van der Waals surface area (Å²) in [6.45, 7) is 0. The molecule has 0 saturated carbocycles. The van der Waals surface area contributed by atoms with E-state index >= 15 is 0 Å². The van der Waals surface area contributed by atoms with Crippen molar-refractivity contribution in [1.29, 1.82) is 0 Å². The molecule has 0 atom stereocenters. The quantitative estimate of drug-likeness (QED) is 0.168. The van der Waals surface area contributed by atoms with Crippen LogP contribution in [0.15, 0.2) is 173 Å². The topological polar surface area (TPSA) is 65.0 Å². The molecule has 0 aliphatic heterocycles. The van der Waals surface area contributed by atoms with E-state index in [1.165, 1.54) is 53.4 Å². The second-order valence-corrected chi connectivity index (χ2v) is 15.7. The number of hydrogen-bond donors (Lipinski definition) is 0. The van der Waals surface area contributed by atoms with Gasteiger partial charge in [-0.3, -0.25) is 0 Å². The lowest BCUT2D eigenvalue weighted by Gasteiger charge is -2.13. The Kier molecular flexibility index (Phi) is 6.26. The molecule has 0 aliphatic rings. The fourth-order valence-corrected chi connectivity index (χ4v) is 10.2. The lowest BCUT2D eigenvalue weighted by molar-refractivity contribution is 0.669. The van der Waals surface area contributed by atoms with Crippen LogP contribution in [0.4, 0.5) is 0 Å². The van der Waals surface area contributed by atoms with Crippen LogP contribution < -0.4 is 0 Å². The van der Waals surface area contributed by atoms with Gasteiger partial charge in [0, 0.05) is 58.4 Å². The third-order valence-electron chi connectivity index (χ3n) is 11.5. The van der Waals surface area contributed by atoms with Crippen molar-refractivity contribution < 1.29 is 8.83 Å². The van der Waals surface area contributed by atoms with Gasteiger partial charge in [0.15, 0.2) is 17.5 Å². The summed E-state index contributed by atoms with van der Waals surface area (Å²) in [4.78, 5) is 15.5. The molecule has 0 radical (unpaired) electrons. The maximum Gasteiger partial charge on any atom is 0.165 e. The molecule has 13 aromatic rings. The Labute approximate surface area is 328 Å². The first-order chi connectivity index (χ1) is 28.2. The zero-order valence-corrected chi connectivity index (χ0v) is 31.0. The van der Waals surface area contributed by atoms with E-state index in [1.54, 1.807) is 11.3 Å². The molecule has 0 amide bonds. The molecule has 57 heavy (non-hydrogen) atoms. The van der Waals surface area contributed by atoms with E-state index in [4.69, 9.17) is 23.8 Å². The molecule has 0 aliphatic carbocycles. The van der Waals surface area contributed by atoms with Gasteiger partial charge in [0.25, 0.3) is 0 Å². The highest BCUT2D eigenvalue weighted by atomic mass is 32.1. The molecule has 0 saturated heterocycles. The number of hydrogen-bond acceptors (Lipinski definition) is 6. The van der Waals surface area contributed by atoms with Gasteiger partial charge in [0.1, 0.15) is 22.3 Å². The Morgan fingerprint density at radius 2 is 0.877 bits per heavy atom. The third kappa shape index (κ3) is 4.47. The molecule has 4 aromatic heterocycles. The van der Waals surface area contributed by atoms with Crippen LogP contribution in [0.3, 0.4) is 0 Å². The van der Waals surface area contributed by atoms with Crippen LogP contribution >= 0.6 is 11.3 Å². The second kappa shape index (κ2) is 11.6. The predicted octanol–water partition coefficient (Wildman–Crippen LogP) is 14.5. The zero-order chi connectivity index (χ0) is 37.2. The summed E-state index contributed by atoms with van der Waals surface area (Å²) in [5.41, 5.74) is 8.54. The van der Waals surface area contributed by atoms with Crippen LogP contribution in [0.2, 0.25) is 0 Å². The number of para-hydroxylation sites is 1. The normalized spacial score (nSPS) is 12.2. The average Bonchev–Trinajstić information content (AvgIpc) is 3.97. The number of fused-ring (bicyclic) bond motifs is 9. The van der Waals surface area contributed by atoms with Crippen LogP contribution in [0, 0.1) is 0 Å². The first-order valence-corrected chi connectivity index (χ1v) is 19.8. The second-order valence-electron chi connectivity index (χ2n) is 14.7. The Hall–Kier alpha value is -7.41. The number of benzene rings is 9. The lowest BCUT2D eigenvalue weighted by Crippen LogP contribution is -2.00. The zero-order valence-electron chi connectivity index (χ0n) is 30.2. The number of rotatable bonds is 4. The summed E-state index contributed by atoms with van der Waals surface area (Å²) in [5, 5.41) is 11.8. The van der Waals surface area contributed by atoms with Crippen molar-refractivity contribution in [3.8, 4) is 45.3 Å². The molecular formula is C51H27N3O2S. The van der Waals surface area contributed by atoms with E-state index in [2.05, 4.69) is 140 Å². The van der Waals surface area contributed by atoms with Crippen LogP contribution in [-0.4, -0.2) is 15.0 Å². The number of nitrogens with zero attached hydrogens (tertiary/aromatic N) is 3. The monoisotopic (exact) mass is 745 g/mol. The van der Waals surface area contributed by atoms with Crippen molar-refractivity contribution >= 4 is 96.9 Å². The van der Waals surface area contributed by atoms with E-state index in [1.807, 2.05) is 24.3 Å². The molecule has 0 unspecified atom stereocenters. The van der Waals surface area contributed by atoms with E-state index in [0.29, 0.717) is 17.5 Å². The van der Waals surface area contributed by atoms with Gasteiger partial charge in [-0.1, -0.05) is 121 Å². The Morgan fingerprint density at radius 3 is 1.72 bits per heavy atom. The number of furan rings is 2. The Balaban J connectivity index is 0.997. The number of aromatic nitrogens is 3. The first-order valence-electron chi connectivity index (χ1n) is 19.0. The summed E-state index contributed by atoms with van der Waals surface area (Å²) in [7, 11) is 0. The summed E-state index contributed by atoms with van der Waals surface area (Å²) >= 11 is 1.77. The van der Waals surface area contributed by atoms with Gasteiger partial charge in [-0.15, -0.1) is 11.3 Å². The highest BCUT2D eigenvalue weighted by Gasteiger charge is 2.21. The van der Waals surface area contributed by atoms with Crippen LogP contribution in [0.1, 0.15) is 0 Å². The van der Waals surface area contributed by atoms with E-state index in [0.717, 1.165) is 60.1 Å². The minimum Gasteiger partial charge on any atom is -0.456 e. The van der Waals surface area contributed by atoms with Crippen molar-refractivity contribution in [2.75, 3.05) is 0 Å². The fourth-order valence-electron chi connectivity index (χ4n) is 8.95. The van der Waals surface area contributed by atoms with Gasteiger partial charge in [0.2, 0.25) is 0 Å². The minimum atomic E-state index is 0.592. The SMILES string of the molecule is c1ccc2c(c1)oc1cc(-c3nc(-c4ccc(-c5cccc6c7cccc8oc9cccc(c56)c9c87)cc4)nc(-c4cccc5c4sc4ccccc45)n3)ccc12. The minimum absolute atomic E-state index is 0.592. The fraction of sp³-hybridized carbons (Fsp3) is 0. The molecule has 6 heteroatoms. The molecule has 0 fully saturated rings. The molecule has 9 aromatic carbocycles. The molecule has 0 N–H and O–H groups in total. The Morgan fingerprint density at radius 1 is 0.333 bits per heavy atom. The molecule has 5 nitrogen and oxygen atoms in total. The van der Waals surface area contributed by atoms with Crippen molar-refractivity contribution in [3.63, 3.8) is 0 Å². The van der Waals surface area contributed by atoms with E-state index in [-0.39, 0.29) is 0 Å². The van der Waals surface area contributed by atoms with Gasteiger partial charge in [-0.2, -0.15) is 0 Å². The third-order valence-corrected chi connectivity index (χ3v) is 12.7. The highest BCUT2D eigenvalue weighted by molar-refractivity contribution is 7.26. The molecule has 0 bridgehead atoms. The lowest BCUT2D eigenvalue weighted by atomic mass is 9.89. The first kappa shape index (κ1) is 30.9. The van der Waals surface area contributed by atoms with Crippen molar-refractivity contribution in [3.05, 3.63) is 164 Å².